The lowest BCUT2D eigenvalue weighted by Gasteiger charge is -2.36. The highest BCUT2D eigenvalue weighted by Gasteiger charge is 2.32. The normalized spacial score (nSPS) is 23.0. The summed E-state index contributed by atoms with van der Waals surface area (Å²) in [7, 11) is 3.36. The van der Waals surface area contributed by atoms with Gasteiger partial charge in [-0.15, -0.1) is 0 Å². The van der Waals surface area contributed by atoms with E-state index in [1.165, 1.54) is 22.5 Å². The van der Waals surface area contributed by atoms with Gasteiger partial charge in [-0.2, -0.15) is 0 Å². The number of amides is 1. The van der Waals surface area contributed by atoms with Crippen LogP contribution in [-0.4, -0.2) is 43.4 Å². The van der Waals surface area contributed by atoms with Crippen molar-refractivity contribution in [3.05, 3.63) is 59.8 Å². The van der Waals surface area contributed by atoms with E-state index in [0.717, 1.165) is 79.8 Å². The number of hydrogen-bond donors (Lipinski definition) is 1. The van der Waals surface area contributed by atoms with E-state index < -0.39 is 0 Å². The number of carbonyl (C=O) groups excluding carboxylic acids is 1. The number of aryl methyl sites for hydroxylation is 1. The van der Waals surface area contributed by atoms with E-state index in [1.807, 2.05) is 12.3 Å². The molecular weight excluding hydrogens is 520 g/mol. The fourth-order valence-corrected chi connectivity index (χ4v) is 7.27. The first-order valence-corrected chi connectivity index (χ1v) is 15.5. The summed E-state index contributed by atoms with van der Waals surface area (Å²) in [5, 5.41) is 10.2. The van der Waals surface area contributed by atoms with Crippen molar-refractivity contribution in [2.75, 3.05) is 32.3 Å². The molecule has 2 aromatic carbocycles. The molecule has 1 N–H and O–H groups in total. The van der Waals surface area contributed by atoms with E-state index in [9.17, 15) is 9.90 Å². The third-order valence-corrected chi connectivity index (χ3v) is 10.0. The molecule has 7 heteroatoms. The van der Waals surface area contributed by atoms with Crippen molar-refractivity contribution in [2.45, 2.75) is 64.2 Å². The van der Waals surface area contributed by atoms with Crippen molar-refractivity contribution in [2.24, 2.45) is 17.8 Å². The topological polar surface area (TPSA) is 71.9 Å². The molecule has 2 aliphatic carbocycles. The Labute approximate surface area is 242 Å². The number of nitrogens with zero attached hydrogens (tertiary/aromatic N) is 2. The lowest BCUT2D eigenvalue weighted by Crippen LogP contribution is -2.41. The fourth-order valence-electron chi connectivity index (χ4n) is 6.54. The van der Waals surface area contributed by atoms with Gasteiger partial charge in [-0.3, -0.25) is 4.79 Å². The van der Waals surface area contributed by atoms with Gasteiger partial charge in [0.15, 0.2) is 0 Å². The SMILES string of the molecule is COc1ncc(-c2cccc(N(CC3CCC(c4ccc(OC)c(C)c4)CC3)C(=O)C3CCC(CO)CC3)c2)s1. The van der Waals surface area contributed by atoms with E-state index in [1.54, 1.807) is 14.2 Å². The molecule has 2 fully saturated rings. The van der Waals surface area contributed by atoms with Crippen LogP contribution in [0.25, 0.3) is 10.4 Å². The van der Waals surface area contributed by atoms with E-state index in [-0.39, 0.29) is 18.4 Å². The minimum atomic E-state index is 0.0218. The first kappa shape index (κ1) is 28.6. The first-order chi connectivity index (χ1) is 19.5. The number of benzene rings is 2. The van der Waals surface area contributed by atoms with Gasteiger partial charge in [-0.25, -0.2) is 4.98 Å². The molecule has 6 nitrogen and oxygen atoms in total. The maximum absolute atomic E-state index is 14.1. The van der Waals surface area contributed by atoms with Crippen LogP contribution < -0.4 is 14.4 Å². The molecule has 40 heavy (non-hydrogen) atoms. The average molecular weight is 563 g/mol. The van der Waals surface area contributed by atoms with Crippen LogP contribution in [0.15, 0.2) is 48.7 Å². The second-order valence-corrected chi connectivity index (χ2v) is 12.5. The monoisotopic (exact) mass is 562 g/mol. The number of aromatic nitrogens is 1. The first-order valence-electron chi connectivity index (χ1n) is 14.7. The standard InChI is InChI=1S/C33H42N2O4S/c1-22-17-27(15-16-30(22)38-2)25-11-7-23(8-12-25)20-35(32(37)26-13-9-24(21-36)10-14-26)29-6-4-5-28(18-29)31-19-34-33(39-3)40-31/h4-6,15-19,23-26,36H,7-14,20-21H2,1-3H3. The lowest BCUT2D eigenvalue weighted by molar-refractivity contribution is -0.123. The summed E-state index contributed by atoms with van der Waals surface area (Å²) in [5.41, 5.74) is 4.61. The van der Waals surface area contributed by atoms with E-state index >= 15 is 0 Å². The fraction of sp³-hybridized carbons (Fsp3) is 0.515. The Morgan fingerprint density at radius 2 is 1.73 bits per heavy atom. The quantitative estimate of drug-likeness (QED) is 0.298. The molecule has 2 aliphatic rings. The third kappa shape index (κ3) is 6.52. The molecule has 2 saturated carbocycles. The zero-order valence-electron chi connectivity index (χ0n) is 24.0. The minimum absolute atomic E-state index is 0.0218. The summed E-state index contributed by atoms with van der Waals surface area (Å²) in [6.45, 7) is 3.09. The molecule has 0 unspecified atom stereocenters. The van der Waals surface area contributed by atoms with Gasteiger partial charge in [-0.05, 0) is 111 Å². The number of carbonyl (C=O) groups is 1. The van der Waals surface area contributed by atoms with Crippen molar-refractivity contribution >= 4 is 22.9 Å². The van der Waals surface area contributed by atoms with Gasteiger partial charge in [0.05, 0.1) is 19.1 Å². The van der Waals surface area contributed by atoms with Crippen molar-refractivity contribution in [3.8, 4) is 21.4 Å². The summed E-state index contributed by atoms with van der Waals surface area (Å²) in [6.07, 6.45) is 9.91. The Balaban J connectivity index is 1.33. The molecule has 3 aromatic rings. The van der Waals surface area contributed by atoms with E-state index in [2.05, 4.69) is 53.2 Å². The van der Waals surface area contributed by atoms with Crippen molar-refractivity contribution in [3.63, 3.8) is 0 Å². The molecule has 1 amide bonds. The van der Waals surface area contributed by atoms with Crippen molar-refractivity contribution in [1.82, 2.24) is 4.98 Å². The summed E-state index contributed by atoms with van der Waals surface area (Å²) in [4.78, 5) is 21.5. The van der Waals surface area contributed by atoms with Crippen molar-refractivity contribution in [1.29, 1.82) is 0 Å². The van der Waals surface area contributed by atoms with Gasteiger partial charge >= 0.3 is 0 Å². The van der Waals surface area contributed by atoms with Crippen LogP contribution in [0.5, 0.6) is 10.9 Å². The van der Waals surface area contributed by atoms with Gasteiger partial charge in [0, 0.05) is 31.0 Å². The van der Waals surface area contributed by atoms with Crippen LogP contribution in [0.1, 0.15) is 68.4 Å². The number of methoxy groups -OCH3 is 2. The van der Waals surface area contributed by atoms with Gasteiger partial charge in [0.1, 0.15) is 5.75 Å². The summed E-state index contributed by atoms with van der Waals surface area (Å²) < 4.78 is 10.8. The van der Waals surface area contributed by atoms with Crippen LogP contribution >= 0.6 is 11.3 Å². The summed E-state index contributed by atoms with van der Waals surface area (Å²) in [6, 6.07) is 14.9. The zero-order chi connectivity index (χ0) is 28.1. The Hall–Kier alpha value is -2.90. The van der Waals surface area contributed by atoms with Crippen LogP contribution in [0.4, 0.5) is 5.69 Å². The predicted octanol–water partition coefficient (Wildman–Crippen LogP) is 7.24. The molecule has 1 heterocycles. The lowest BCUT2D eigenvalue weighted by atomic mass is 9.77. The number of aliphatic hydroxyl groups is 1. The maximum Gasteiger partial charge on any atom is 0.273 e. The number of aliphatic hydroxyl groups excluding tert-OH is 1. The van der Waals surface area contributed by atoms with Gasteiger partial charge < -0.3 is 19.5 Å². The van der Waals surface area contributed by atoms with Gasteiger partial charge in [0.25, 0.3) is 5.19 Å². The molecule has 1 aromatic heterocycles. The highest BCUT2D eigenvalue weighted by atomic mass is 32.1. The number of hydrogen-bond acceptors (Lipinski definition) is 6. The van der Waals surface area contributed by atoms with Crippen LogP contribution in [-0.2, 0) is 4.79 Å². The second kappa shape index (κ2) is 13.2. The number of thiazole rings is 1. The second-order valence-electron chi connectivity index (χ2n) is 11.5. The Morgan fingerprint density at radius 1 is 0.975 bits per heavy atom. The van der Waals surface area contributed by atoms with Crippen LogP contribution in [0.3, 0.4) is 0 Å². The molecule has 214 valence electrons. The molecule has 0 aliphatic heterocycles. The highest BCUT2D eigenvalue weighted by Crippen LogP contribution is 2.40. The van der Waals surface area contributed by atoms with E-state index in [0.29, 0.717) is 22.9 Å². The molecule has 0 saturated heterocycles. The summed E-state index contributed by atoms with van der Waals surface area (Å²) >= 11 is 1.51. The van der Waals surface area contributed by atoms with Crippen LogP contribution in [0.2, 0.25) is 0 Å². The molecule has 5 rings (SSSR count). The Bertz CT molecular complexity index is 1270. The van der Waals surface area contributed by atoms with Gasteiger partial charge in [0.2, 0.25) is 5.91 Å². The van der Waals surface area contributed by atoms with E-state index in [4.69, 9.17) is 9.47 Å². The average Bonchev–Trinajstić information content (AvgIpc) is 3.50. The molecule has 0 spiro atoms. The third-order valence-electron chi connectivity index (χ3n) is 9.00. The number of anilines is 1. The van der Waals surface area contributed by atoms with Crippen molar-refractivity contribution < 1.29 is 19.4 Å². The minimum Gasteiger partial charge on any atom is -0.496 e. The molecule has 0 bridgehead atoms. The predicted molar refractivity (Wildman–Crippen MR) is 161 cm³/mol. The summed E-state index contributed by atoms with van der Waals surface area (Å²) in [5.74, 6) is 2.57. The van der Waals surface area contributed by atoms with Gasteiger partial charge in [-0.1, -0.05) is 35.6 Å². The Kier molecular flexibility index (Phi) is 9.43. The molecule has 0 atom stereocenters. The number of rotatable bonds is 9. The smallest absolute Gasteiger partial charge is 0.273 e. The molecular formula is C33H42N2O4S. The molecule has 0 radical (unpaired) electrons. The van der Waals surface area contributed by atoms with Crippen LogP contribution in [0, 0.1) is 24.7 Å². The number of ether oxygens (including phenoxy) is 2. The zero-order valence-corrected chi connectivity index (χ0v) is 24.8. The maximum atomic E-state index is 14.1. The Morgan fingerprint density at radius 3 is 2.38 bits per heavy atom. The highest BCUT2D eigenvalue weighted by molar-refractivity contribution is 7.16. The largest absolute Gasteiger partial charge is 0.496 e.